The van der Waals surface area contributed by atoms with E-state index in [4.69, 9.17) is 5.73 Å². The Labute approximate surface area is 99.9 Å². The van der Waals surface area contributed by atoms with Crippen molar-refractivity contribution in [2.75, 3.05) is 6.54 Å². The van der Waals surface area contributed by atoms with Gasteiger partial charge in [-0.15, -0.1) is 11.3 Å². The van der Waals surface area contributed by atoms with E-state index in [1.165, 1.54) is 17.0 Å². The second kappa shape index (κ2) is 4.39. The minimum atomic E-state index is 0.663. The summed E-state index contributed by atoms with van der Waals surface area (Å²) in [5.41, 5.74) is 10.4. The van der Waals surface area contributed by atoms with Crippen molar-refractivity contribution >= 4 is 11.3 Å². The first kappa shape index (κ1) is 11.4. The second-order valence-electron chi connectivity index (χ2n) is 4.03. The van der Waals surface area contributed by atoms with Crippen LogP contribution in [0.25, 0.3) is 10.6 Å². The number of rotatable bonds is 3. The molecule has 86 valence electrons. The van der Waals surface area contributed by atoms with E-state index in [9.17, 15) is 0 Å². The maximum absolute atomic E-state index is 5.53. The average Bonchev–Trinajstić information content (AvgIpc) is 2.80. The first-order chi connectivity index (χ1) is 7.63. The fraction of sp³-hybridized carbons (Fsp3) is 0.417. The molecule has 2 rings (SSSR count). The number of nitrogens with zero attached hydrogens (tertiary/aromatic N) is 2. The van der Waals surface area contributed by atoms with E-state index in [0.717, 1.165) is 17.1 Å². The molecule has 0 bridgehead atoms. The summed E-state index contributed by atoms with van der Waals surface area (Å²) in [5, 5.41) is 3.20. The summed E-state index contributed by atoms with van der Waals surface area (Å²) < 4.78 is 2.19. The summed E-state index contributed by atoms with van der Waals surface area (Å²) in [6.45, 7) is 4.91. The molecule has 0 atom stereocenters. The highest BCUT2D eigenvalue weighted by Crippen LogP contribution is 2.28. The Bertz CT molecular complexity index is 496. The fourth-order valence-corrected chi connectivity index (χ4v) is 2.69. The van der Waals surface area contributed by atoms with Crippen molar-refractivity contribution in [3.05, 3.63) is 28.5 Å². The normalized spacial score (nSPS) is 11.0. The van der Waals surface area contributed by atoms with Gasteiger partial charge >= 0.3 is 0 Å². The quantitative estimate of drug-likeness (QED) is 0.887. The summed E-state index contributed by atoms with van der Waals surface area (Å²) in [6.07, 6.45) is 0.862. The van der Waals surface area contributed by atoms with Crippen molar-refractivity contribution in [3.8, 4) is 10.6 Å². The third-order valence-corrected chi connectivity index (χ3v) is 3.88. The van der Waals surface area contributed by atoms with Crippen LogP contribution < -0.4 is 5.73 Å². The largest absolute Gasteiger partial charge is 0.351 e. The van der Waals surface area contributed by atoms with Gasteiger partial charge in [0.2, 0.25) is 0 Å². The van der Waals surface area contributed by atoms with E-state index >= 15 is 0 Å². The van der Waals surface area contributed by atoms with Gasteiger partial charge in [0.15, 0.2) is 0 Å². The van der Waals surface area contributed by atoms with Crippen molar-refractivity contribution in [2.24, 2.45) is 12.8 Å². The molecule has 0 aromatic carbocycles. The minimum Gasteiger partial charge on any atom is -0.351 e. The van der Waals surface area contributed by atoms with Crippen LogP contribution in [0.3, 0.4) is 0 Å². The zero-order valence-electron chi connectivity index (χ0n) is 9.95. The minimum absolute atomic E-state index is 0.663. The highest BCUT2D eigenvalue weighted by Gasteiger charge is 2.11. The Hall–Kier alpha value is -1.13. The zero-order valence-corrected chi connectivity index (χ0v) is 10.8. The van der Waals surface area contributed by atoms with Gasteiger partial charge < -0.3 is 10.3 Å². The van der Waals surface area contributed by atoms with Crippen molar-refractivity contribution < 1.29 is 0 Å². The van der Waals surface area contributed by atoms with Crippen LogP contribution in [0.4, 0.5) is 0 Å². The molecule has 2 N–H and O–H groups in total. The van der Waals surface area contributed by atoms with Gasteiger partial charge in [0.1, 0.15) is 5.01 Å². The van der Waals surface area contributed by atoms with E-state index in [1.54, 1.807) is 11.3 Å². The molecule has 3 nitrogen and oxygen atoms in total. The van der Waals surface area contributed by atoms with Gasteiger partial charge in [-0.3, -0.25) is 0 Å². The van der Waals surface area contributed by atoms with Gasteiger partial charge in [0, 0.05) is 35.8 Å². The summed E-state index contributed by atoms with van der Waals surface area (Å²) in [6, 6.07) is 2.19. The molecule has 2 heterocycles. The molecule has 0 amide bonds. The molecule has 0 saturated carbocycles. The molecule has 0 saturated heterocycles. The van der Waals surface area contributed by atoms with Crippen molar-refractivity contribution in [3.63, 3.8) is 0 Å². The summed E-state index contributed by atoms with van der Waals surface area (Å²) in [7, 11) is 2.09. The summed E-state index contributed by atoms with van der Waals surface area (Å²) in [4.78, 5) is 4.61. The molecule has 0 radical (unpaired) electrons. The lowest BCUT2D eigenvalue weighted by molar-refractivity contribution is 0.845. The average molecular weight is 235 g/mol. The SMILES string of the molecule is Cc1cc(-c2nc(CCN)cs2)c(C)n1C. The Morgan fingerprint density at radius 1 is 1.44 bits per heavy atom. The highest BCUT2D eigenvalue weighted by molar-refractivity contribution is 7.13. The van der Waals surface area contributed by atoms with E-state index in [-0.39, 0.29) is 0 Å². The third-order valence-electron chi connectivity index (χ3n) is 2.96. The monoisotopic (exact) mass is 235 g/mol. The van der Waals surface area contributed by atoms with E-state index in [0.29, 0.717) is 6.54 Å². The Balaban J connectivity index is 2.38. The van der Waals surface area contributed by atoms with Crippen LogP contribution >= 0.6 is 11.3 Å². The maximum Gasteiger partial charge on any atom is 0.125 e. The molecule has 16 heavy (non-hydrogen) atoms. The molecular formula is C12H17N3S. The van der Waals surface area contributed by atoms with Crippen molar-refractivity contribution in [1.82, 2.24) is 9.55 Å². The Morgan fingerprint density at radius 2 is 2.19 bits per heavy atom. The number of aryl methyl sites for hydroxylation is 1. The van der Waals surface area contributed by atoms with Crippen LogP contribution in [0, 0.1) is 13.8 Å². The first-order valence-corrected chi connectivity index (χ1v) is 6.29. The van der Waals surface area contributed by atoms with E-state index in [1.807, 2.05) is 0 Å². The summed E-state index contributed by atoms with van der Waals surface area (Å²) in [5.74, 6) is 0. The number of thiazole rings is 1. The molecule has 0 fully saturated rings. The van der Waals surface area contributed by atoms with Gasteiger partial charge in [-0.25, -0.2) is 4.98 Å². The topological polar surface area (TPSA) is 43.8 Å². The van der Waals surface area contributed by atoms with Crippen LogP contribution in [0.2, 0.25) is 0 Å². The number of nitrogens with two attached hydrogens (primary N) is 1. The van der Waals surface area contributed by atoms with Gasteiger partial charge in [0.25, 0.3) is 0 Å². The predicted octanol–water partition coefficient (Wildman–Crippen LogP) is 2.27. The third kappa shape index (κ3) is 1.90. The smallest absolute Gasteiger partial charge is 0.125 e. The van der Waals surface area contributed by atoms with Crippen LogP contribution in [-0.2, 0) is 13.5 Å². The molecule has 0 aliphatic carbocycles. The highest BCUT2D eigenvalue weighted by atomic mass is 32.1. The predicted molar refractivity (Wildman–Crippen MR) is 68.8 cm³/mol. The molecular weight excluding hydrogens is 218 g/mol. The lowest BCUT2D eigenvalue weighted by atomic mass is 10.2. The Morgan fingerprint density at radius 3 is 2.75 bits per heavy atom. The molecule has 0 unspecified atom stereocenters. The molecule has 0 aliphatic rings. The van der Waals surface area contributed by atoms with Crippen LogP contribution in [0.15, 0.2) is 11.4 Å². The molecule has 2 aromatic heterocycles. The van der Waals surface area contributed by atoms with Gasteiger partial charge in [-0.1, -0.05) is 0 Å². The van der Waals surface area contributed by atoms with Gasteiger partial charge in [0.05, 0.1) is 5.69 Å². The first-order valence-electron chi connectivity index (χ1n) is 5.41. The second-order valence-corrected chi connectivity index (χ2v) is 4.88. The number of aromatic nitrogens is 2. The number of hydrogen-bond donors (Lipinski definition) is 1. The van der Waals surface area contributed by atoms with Gasteiger partial charge in [-0.2, -0.15) is 0 Å². The molecule has 4 heteroatoms. The van der Waals surface area contributed by atoms with Gasteiger partial charge in [-0.05, 0) is 26.5 Å². The van der Waals surface area contributed by atoms with Crippen LogP contribution in [-0.4, -0.2) is 16.1 Å². The summed E-state index contributed by atoms with van der Waals surface area (Å²) >= 11 is 1.70. The maximum atomic E-state index is 5.53. The standard InChI is InChI=1S/C12H17N3S/c1-8-6-11(9(2)15(8)3)12-14-10(4-5-13)7-16-12/h6-7H,4-5,13H2,1-3H3. The van der Waals surface area contributed by atoms with E-state index < -0.39 is 0 Å². The lowest BCUT2D eigenvalue weighted by Crippen LogP contribution is -2.02. The molecule has 0 aliphatic heterocycles. The number of hydrogen-bond acceptors (Lipinski definition) is 3. The van der Waals surface area contributed by atoms with Crippen LogP contribution in [0.5, 0.6) is 0 Å². The Kier molecular flexibility index (Phi) is 3.12. The van der Waals surface area contributed by atoms with E-state index in [2.05, 4.69) is 41.9 Å². The fourth-order valence-electron chi connectivity index (χ4n) is 1.77. The van der Waals surface area contributed by atoms with Crippen LogP contribution in [0.1, 0.15) is 17.1 Å². The molecule has 2 aromatic rings. The van der Waals surface area contributed by atoms with Crippen molar-refractivity contribution in [1.29, 1.82) is 0 Å². The zero-order chi connectivity index (χ0) is 11.7. The molecule has 0 spiro atoms. The van der Waals surface area contributed by atoms with Crippen molar-refractivity contribution in [2.45, 2.75) is 20.3 Å². The lowest BCUT2D eigenvalue weighted by Gasteiger charge is -1.99.